The zero-order valence-corrected chi connectivity index (χ0v) is 13.1. The molecule has 2 N–H and O–H groups in total. The van der Waals surface area contributed by atoms with Crippen molar-refractivity contribution in [3.8, 4) is 0 Å². The lowest BCUT2D eigenvalue weighted by Crippen LogP contribution is -2.20. The van der Waals surface area contributed by atoms with Crippen LogP contribution < -0.4 is 5.32 Å². The van der Waals surface area contributed by atoms with Crippen LogP contribution in [0.1, 0.15) is 63.1 Å². The molecule has 1 aromatic carbocycles. The molecular formula is C17H28N2. The molecule has 0 unspecified atom stereocenters. The van der Waals surface area contributed by atoms with Crippen LogP contribution in [0, 0.1) is 19.3 Å². The van der Waals surface area contributed by atoms with Crippen LogP contribution >= 0.6 is 0 Å². The van der Waals surface area contributed by atoms with E-state index in [-0.39, 0.29) is 0 Å². The lowest BCUT2D eigenvalue weighted by atomic mass is 9.99. The monoisotopic (exact) mass is 260 g/mol. The first-order chi connectivity index (χ1) is 8.99. The number of rotatable bonds is 7. The molecule has 0 spiro atoms. The number of benzene rings is 1. The molecule has 1 aromatic rings. The molecule has 0 aliphatic rings. The topological polar surface area (TPSA) is 35.9 Å². The third-order valence-corrected chi connectivity index (χ3v) is 3.61. The Balaban J connectivity index is 2.98. The SMILES string of the molecule is CCCC(CCC)Nc1cc(C(C)=N)c(C)cc1C. The Kier molecular flexibility index (Phi) is 6.07. The quantitative estimate of drug-likeness (QED) is 0.659. The van der Waals surface area contributed by atoms with E-state index in [1.165, 1.54) is 42.5 Å². The van der Waals surface area contributed by atoms with E-state index in [2.05, 4.69) is 45.1 Å². The lowest BCUT2D eigenvalue weighted by molar-refractivity contribution is 0.586. The van der Waals surface area contributed by atoms with Gasteiger partial charge in [0.05, 0.1) is 0 Å². The zero-order chi connectivity index (χ0) is 14.4. The Morgan fingerprint density at radius 2 is 1.68 bits per heavy atom. The van der Waals surface area contributed by atoms with Crippen molar-refractivity contribution < 1.29 is 0 Å². The van der Waals surface area contributed by atoms with Gasteiger partial charge in [-0.3, -0.25) is 0 Å². The number of hydrogen-bond donors (Lipinski definition) is 2. The summed E-state index contributed by atoms with van der Waals surface area (Å²) in [6.45, 7) is 10.6. The van der Waals surface area contributed by atoms with Crippen LogP contribution in [0.5, 0.6) is 0 Å². The molecule has 0 atom stereocenters. The summed E-state index contributed by atoms with van der Waals surface area (Å²) in [5.74, 6) is 0. The van der Waals surface area contributed by atoms with Gasteiger partial charge in [-0.05, 0) is 56.4 Å². The highest BCUT2D eigenvalue weighted by Crippen LogP contribution is 2.23. The number of hydrogen-bond acceptors (Lipinski definition) is 2. The minimum absolute atomic E-state index is 0.551. The molecule has 0 aliphatic heterocycles. The highest BCUT2D eigenvalue weighted by atomic mass is 14.9. The average molecular weight is 260 g/mol. The largest absolute Gasteiger partial charge is 0.382 e. The van der Waals surface area contributed by atoms with E-state index >= 15 is 0 Å². The fourth-order valence-corrected chi connectivity index (χ4v) is 2.62. The summed E-state index contributed by atoms with van der Waals surface area (Å²) in [5.41, 5.74) is 5.36. The van der Waals surface area contributed by atoms with Crippen molar-refractivity contribution in [2.24, 2.45) is 0 Å². The van der Waals surface area contributed by atoms with Crippen molar-refractivity contribution in [3.05, 3.63) is 28.8 Å². The fourth-order valence-electron chi connectivity index (χ4n) is 2.62. The van der Waals surface area contributed by atoms with Gasteiger partial charge in [0.2, 0.25) is 0 Å². The van der Waals surface area contributed by atoms with E-state index in [0.717, 1.165) is 5.56 Å². The van der Waals surface area contributed by atoms with Gasteiger partial charge in [-0.1, -0.05) is 32.8 Å². The molecule has 0 bridgehead atoms. The summed E-state index contributed by atoms with van der Waals surface area (Å²) in [6.07, 6.45) is 4.83. The van der Waals surface area contributed by atoms with Crippen LogP contribution in [0.3, 0.4) is 0 Å². The summed E-state index contributed by atoms with van der Waals surface area (Å²) in [5, 5.41) is 11.5. The van der Waals surface area contributed by atoms with Crippen LogP contribution in [-0.4, -0.2) is 11.8 Å². The van der Waals surface area contributed by atoms with E-state index in [9.17, 15) is 0 Å². The summed E-state index contributed by atoms with van der Waals surface area (Å²) < 4.78 is 0. The standard InChI is InChI=1S/C17H28N2/c1-6-8-15(9-7-2)19-17-11-16(14(5)18)12(3)10-13(17)4/h10-11,15,18-19H,6-9H2,1-5H3. The number of nitrogens with one attached hydrogen (secondary N) is 2. The molecule has 0 radical (unpaired) electrons. The van der Waals surface area contributed by atoms with Crippen molar-refractivity contribution in [2.75, 3.05) is 5.32 Å². The Labute approximate surface area is 118 Å². The minimum atomic E-state index is 0.551. The van der Waals surface area contributed by atoms with Gasteiger partial charge in [-0.15, -0.1) is 0 Å². The second-order valence-electron chi connectivity index (χ2n) is 5.53. The van der Waals surface area contributed by atoms with Crippen LogP contribution in [0.25, 0.3) is 0 Å². The minimum Gasteiger partial charge on any atom is -0.382 e. The molecule has 0 aromatic heterocycles. The highest BCUT2D eigenvalue weighted by Gasteiger charge is 2.11. The van der Waals surface area contributed by atoms with E-state index < -0.39 is 0 Å². The number of anilines is 1. The van der Waals surface area contributed by atoms with Gasteiger partial charge in [-0.2, -0.15) is 0 Å². The Hall–Kier alpha value is -1.31. The Bertz CT molecular complexity index is 429. The van der Waals surface area contributed by atoms with E-state index in [1.807, 2.05) is 6.92 Å². The molecule has 106 valence electrons. The van der Waals surface area contributed by atoms with Crippen molar-refractivity contribution in [1.29, 1.82) is 5.41 Å². The van der Waals surface area contributed by atoms with Gasteiger partial charge in [0.15, 0.2) is 0 Å². The molecule has 0 amide bonds. The zero-order valence-electron chi connectivity index (χ0n) is 13.1. The van der Waals surface area contributed by atoms with Crippen LogP contribution in [0.2, 0.25) is 0 Å². The molecule has 0 aliphatic carbocycles. The van der Waals surface area contributed by atoms with Gasteiger partial charge in [0.25, 0.3) is 0 Å². The predicted octanol–water partition coefficient (Wildman–Crippen LogP) is 5.07. The summed E-state index contributed by atoms with van der Waals surface area (Å²) in [7, 11) is 0. The smallest absolute Gasteiger partial charge is 0.0378 e. The third kappa shape index (κ3) is 4.38. The maximum atomic E-state index is 7.86. The summed E-state index contributed by atoms with van der Waals surface area (Å²) in [4.78, 5) is 0. The molecule has 2 nitrogen and oxygen atoms in total. The first-order valence-electron chi connectivity index (χ1n) is 7.42. The highest BCUT2D eigenvalue weighted by molar-refractivity contribution is 5.98. The lowest BCUT2D eigenvalue weighted by Gasteiger charge is -2.21. The fraction of sp³-hybridized carbons (Fsp3) is 0.588. The predicted molar refractivity (Wildman–Crippen MR) is 85.6 cm³/mol. The average Bonchev–Trinajstić information content (AvgIpc) is 2.32. The third-order valence-electron chi connectivity index (χ3n) is 3.61. The van der Waals surface area contributed by atoms with E-state index in [4.69, 9.17) is 5.41 Å². The molecule has 0 heterocycles. The number of aryl methyl sites for hydroxylation is 2. The maximum Gasteiger partial charge on any atom is 0.0378 e. The second-order valence-corrected chi connectivity index (χ2v) is 5.53. The van der Waals surface area contributed by atoms with Crippen molar-refractivity contribution in [2.45, 2.75) is 66.3 Å². The summed E-state index contributed by atoms with van der Waals surface area (Å²) in [6, 6.07) is 4.88. The van der Waals surface area contributed by atoms with E-state index in [0.29, 0.717) is 11.8 Å². The van der Waals surface area contributed by atoms with Crippen molar-refractivity contribution in [1.82, 2.24) is 0 Å². The molecule has 0 saturated carbocycles. The molecule has 0 saturated heterocycles. The van der Waals surface area contributed by atoms with Gasteiger partial charge >= 0.3 is 0 Å². The van der Waals surface area contributed by atoms with Crippen LogP contribution in [-0.2, 0) is 0 Å². The Morgan fingerprint density at radius 1 is 1.11 bits per heavy atom. The van der Waals surface area contributed by atoms with Gasteiger partial charge < -0.3 is 10.7 Å². The van der Waals surface area contributed by atoms with E-state index in [1.54, 1.807) is 0 Å². The molecule has 1 rings (SSSR count). The second kappa shape index (κ2) is 7.32. The molecular weight excluding hydrogens is 232 g/mol. The van der Waals surface area contributed by atoms with Crippen LogP contribution in [0.15, 0.2) is 12.1 Å². The first-order valence-corrected chi connectivity index (χ1v) is 7.42. The molecule has 19 heavy (non-hydrogen) atoms. The normalized spacial score (nSPS) is 10.8. The first kappa shape index (κ1) is 15.7. The van der Waals surface area contributed by atoms with Gasteiger partial charge in [-0.25, -0.2) is 0 Å². The van der Waals surface area contributed by atoms with Gasteiger partial charge in [0.1, 0.15) is 0 Å². The van der Waals surface area contributed by atoms with Crippen molar-refractivity contribution in [3.63, 3.8) is 0 Å². The molecule has 0 fully saturated rings. The molecule has 2 heteroatoms. The van der Waals surface area contributed by atoms with Crippen molar-refractivity contribution >= 4 is 11.4 Å². The maximum absolute atomic E-state index is 7.86. The van der Waals surface area contributed by atoms with Gasteiger partial charge in [0, 0.05) is 17.4 Å². The van der Waals surface area contributed by atoms with Crippen LogP contribution in [0.4, 0.5) is 5.69 Å². The Morgan fingerprint density at radius 3 is 2.16 bits per heavy atom. The summed E-state index contributed by atoms with van der Waals surface area (Å²) >= 11 is 0.